The Morgan fingerprint density at radius 1 is 1.17 bits per heavy atom. The summed E-state index contributed by atoms with van der Waals surface area (Å²) in [6, 6.07) is 15.2. The molecule has 0 spiro atoms. The van der Waals surface area contributed by atoms with Crippen LogP contribution < -0.4 is 0 Å². The summed E-state index contributed by atoms with van der Waals surface area (Å²) >= 11 is 6.13. The van der Waals surface area contributed by atoms with Gasteiger partial charge >= 0.3 is 5.97 Å². The minimum atomic E-state index is -0.900. The number of rotatable bonds is 5. The maximum Gasteiger partial charge on any atom is 0.335 e. The van der Waals surface area contributed by atoms with E-state index in [1.165, 1.54) is 5.69 Å². The number of aromatic carboxylic acids is 1. The van der Waals surface area contributed by atoms with Crippen LogP contribution in [-0.2, 0) is 13.0 Å². The van der Waals surface area contributed by atoms with Crippen molar-refractivity contribution in [3.05, 3.63) is 70.4 Å². The highest BCUT2D eigenvalue weighted by Gasteiger charge is 2.12. The molecule has 3 rings (SSSR count). The molecule has 0 fully saturated rings. The molecule has 0 atom stereocenters. The average Bonchev–Trinajstić information content (AvgIpc) is 2.83. The van der Waals surface area contributed by atoms with Crippen LogP contribution in [0.2, 0.25) is 5.02 Å². The van der Waals surface area contributed by atoms with Crippen molar-refractivity contribution in [2.45, 2.75) is 26.8 Å². The van der Waals surface area contributed by atoms with E-state index in [0.29, 0.717) is 18.0 Å². The van der Waals surface area contributed by atoms with Crippen molar-refractivity contribution in [2.75, 3.05) is 0 Å². The Labute approximate surface area is 146 Å². The van der Waals surface area contributed by atoms with Crippen molar-refractivity contribution in [1.82, 2.24) is 4.57 Å². The Bertz CT molecular complexity index is 896. The van der Waals surface area contributed by atoms with Crippen molar-refractivity contribution in [3.63, 3.8) is 0 Å². The largest absolute Gasteiger partial charge is 0.478 e. The quantitative estimate of drug-likeness (QED) is 0.689. The molecule has 4 heteroatoms. The monoisotopic (exact) mass is 341 g/mol. The lowest BCUT2D eigenvalue weighted by Gasteiger charge is -2.13. The van der Waals surface area contributed by atoms with Crippen LogP contribution in [0.25, 0.3) is 10.9 Å². The fourth-order valence-electron chi connectivity index (χ4n) is 3.06. The van der Waals surface area contributed by atoms with E-state index in [1.54, 1.807) is 18.2 Å². The van der Waals surface area contributed by atoms with Crippen molar-refractivity contribution in [2.24, 2.45) is 5.92 Å². The van der Waals surface area contributed by atoms with Crippen molar-refractivity contribution >= 4 is 28.5 Å². The molecule has 0 radical (unpaired) electrons. The highest BCUT2D eigenvalue weighted by Crippen LogP contribution is 2.26. The summed E-state index contributed by atoms with van der Waals surface area (Å²) in [7, 11) is 0. The molecule has 0 bridgehead atoms. The van der Waals surface area contributed by atoms with E-state index in [9.17, 15) is 9.90 Å². The molecule has 0 amide bonds. The third kappa shape index (κ3) is 3.46. The molecule has 2 aromatic carbocycles. The van der Waals surface area contributed by atoms with E-state index in [0.717, 1.165) is 27.9 Å². The van der Waals surface area contributed by atoms with Gasteiger partial charge in [-0.15, -0.1) is 0 Å². The Hall–Kier alpha value is -2.26. The minimum absolute atomic E-state index is 0.317. The van der Waals surface area contributed by atoms with Gasteiger partial charge in [0.2, 0.25) is 0 Å². The maximum atomic E-state index is 11.2. The van der Waals surface area contributed by atoms with E-state index in [2.05, 4.69) is 24.5 Å². The maximum absolute atomic E-state index is 11.2. The molecular weight excluding hydrogens is 322 g/mol. The number of hydrogen-bond donors (Lipinski definition) is 1. The Morgan fingerprint density at radius 3 is 2.67 bits per heavy atom. The van der Waals surface area contributed by atoms with Gasteiger partial charge in [-0.3, -0.25) is 0 Å². The fourth-order valence-corrected chi connectivity index (χ4v) is 3.24. The lowest BCUT2D eigenvalue weighted by molar-refractivity contribution is 0.0696. The van der Waals surface area contributed by atoms with Gasteiger partial charge in [-0.05, 0) is 54.3 Å². The van der Waals surface area contributed by atoms with E-state index < -0.39 is 5.97 Å². The molecule has 24 heavy (non-hydrogen) atoms. The van der Waals surface area contributed by atoms with Gasteiger partial charge in [0.15, 0.2) is 0 Å². The molecule has 0 saturated heterocycles. The third-order valence-electron chi connectivity index (χ3n) is 4.08. The summed E-state index contributed by atoms with van der Waals surface area (Å²) in [5.41, 5.74) is 3.66. The number of nitrogens with zero attached hydrogens (tertiary/aromatic N) is 1. The molecule has 1 N–H and O–H groups in total. The first kappa shape index (κ1) is 16.6. The number of hydrogen-bond acceptors (Lipinski definition) is 1. The van der Waals surface area contributed by atoms with Gasteiger partial charge in [0.05, 0.1) is 5.56 Å². The first-order valence-electron chi connectivity index (χ1n) is 8.04. The molecule has 0 aliphatic heterocycles. The van der Waals surface area contributed by atoms with E-state index in [-0.39, 0.29) is 0 Å². The van der Waals surface area contributed by atoms with Crippen LogP contribution in [0.5, 0.6) is 0 Å². The van der Waals surface area contributed by atoms with Crippen molar-refractivity contribution in [3.8, 4) is 0 Å². The van der Waals surface area contributed by atoms with Crippen LogP contribution in [0.4, 0.5) is 0 Å². The van der Waals surface area contributed by atoms with Crippen LogP contribution >= 0.6 is 11.6 Å². The zero-order chi connectivity index (χ0) is 17.3. The molecule has 1 aromatic heterocycles. The number of halogens is 1. The predicted octanol–water partition coefficient (Wildman–Crippen LogP) is 5.24. The molecule has 3 aromatic rings. The fraction of sp³-hybridized carbons (Fsp3) is 0.250. The molecule has 3 nitrogen and oxygen atoms in total. The van der Waals surface area contributed by atoms with Crippen LogP contribution in [0, 0.1) is 5.92 Å². The molecule has 1 heterocycles. The molecule has 124 valence electrons. The molecular formula is C20H20ClNO2. The number of aromatic nitrogens is 1. The standard InChI is InChI=1S/C20H20ClNO2/c1-13(2)8-18-11-16-10-17(21)6-7-19(16)22(18)12-14-4-3-5-15(9-14)20(23)24/h3-7,9-11,13H,8,12H2,1-2H3,(H,23,24). The van der Waals surface area contributed by atoms with Crippen molar-refractivity contribution < 1.29 is 9.90 Å². The summed E-state index contributed by atoms with van der Waals surface area (Å²) in [4.78, 5) is 11.2. The number of benzene rings is 2. The van der Waals surface area contributed by atoms with Gasteiger partial charge in [0.25, 0.3) is 0 Å². The normalized spacial score (nSPS) is 11.3. The molecule has 0 unspecified atom stereocenters. The first-order valence-corrected chi connectivity index (χ1v) is 8.41. The van der Waals surface area contributed by atoms with E-state index >= 15 is 0 Å². The molecule has 0 saturated carbocycles. The van der Waals surface area contributed by atoms with Gasteiger partial charge in [-0.1, -0.05) is 37.6 Å². The zero-order valence-electron chi connectivity index (χ0n) is 13.8. The first-order chi connectivity index (χ1) is 11.4. The van der Waals surface area contributed by atoms with E-state index in [4.69, 9.17) is 11.6 Å². The predicted molar refractivity (Wildman–Crippen MR) is 98.0 cm³/mol. The molecule has 0 aliphatic carbocycles. The van der Waals surface area contributed by atoms with Gasteiger partial charge < -0.3 is 9.67 Å². The summed E-state index contributed by atoms with van der Waals surface area (Å²) in [6.45, 7) is 5.04. The minimum Gasteiger partial charge on any atom is -0.478 e. The van der Waals surface area contributed by atoms with Crippen LogP contribution in [-0.4, -0.2) is 15.6 Å². The second-order valence-electron chi connectivity index (χ2n) is 6.53. The zero-order valence-corrected chi connectivity index (χ0v) is 14.5. The van der Waals surface area contributed by atoms with Crippen LogP contribution in [0.1, 0.15) is 35.5 Å². The second kappa shape index (κ2) is 6.70. The van der Waals surface area contributed by atoms with Crippen LogP contribution in [0.3, 0.4) is 0 Å². The highest BCUT2D eigenvalue weighted by atomic mass is 35.5. The number of fused-ring (bicyclic) bond motifs is 1. The lowest BCUT2D eigenvalue weighted by Crippen LogP contribution is -2.07. The lowest BCUT2D eigenvalue weighted by atomic mass is 10.1. The van der Waals surface area contributed by atoms with Crippen LogP contribution in [0.15, 0.2) is 48.5 Å². The summed E-state index contributed by atoms with van der Waals surface area (Å²) in [6.07, 6.45) is 0.963. The summed E-state index contributed by atoms with van der Waals surface area (Å²) < 4.78 is 2.26. The van der Waals surface area contributed by atoms with E-state index in [1.807, 2.05) is 24.3 Å². The van der Waals surface area contributed by atoms with Gasteiger partial charge in [0.1, 0.15) is 0 Å². The Morgan fingerprint density at radius 2 is 1.96 bits per heavy atom. The highest BCUT2D eigenvalue weighted by molar-refractivity contribution is 6.31. The number of carboxylic acids is 1. The summed E-state index contributed by atoms with van der Waals surface area (Å²) in [5, 5.41) is 11.0. The SMILES string of the molecule is CC(C)Cc1cc2cc(Cl)ccc2n1Cc1cccc(C(=O)O)c1. The average molecular weight is 342 g/mol. The van der Waals surface area contributed by atoms with Gasteiger partial charge in [-0.25, -0.2) is 4.79 Å². The molecule has 0 aliphatic rings. The Balaban J connectivity index is 2.06. The van der Waals surface area contributed by atoms with Crippen molar-refractivity contribution in [1.29, 1.82) is 0 Å². The topological polar surface area (TPSA) is 42.2 Å². The number of carbonyl (C=O) groups is 1. The summed E-state index contributed by atoms with van der Waals surface area (Å²) in [5.74, 6) is -0.364. The second-order valence-corrected chi connectivity index (χ2v) is 6.96. The van der Waals surface area contributed by atoms with Gasteiger partial charge in [0, 0.05) is 28.2 Å². The third-order valence-corrected chi connectivity index (χ3v) is 4.32. The van der Waals surface area contributed by atoms with Gasteiger partial charge in [-0.2, -0.15) is 0 Å². The Kier molecular flexibility index (Phi) is 4.63. The smallest absolute Gasteiger partial charge is 0.335 e. The number of carboxylic acid groups (broad SMARTS) is 1.